The fourth-order valence-electron chi connectivity index (χ4n) is 3.69. The third-order valence-electron chi connectivity index (χ3n) is 5.17. The summed E-state index contributed by atoms with van der Waals surface area (Å²) in [6, 6.07) is 6.89. The van der Waals surface area contributed by atoms with E-state index in [-0.39, 0.29) is 41.7 Å². The second kappa shape index (κ2) is 10.1. The molecule has 178 valence electrons. The lowest BCUT2D eigenvalue weighted by Crippen LogP contribution is -2.44. The van der Waals surface area contributed by atoms with E-state index in [9.17, 15) is 19.3 Å². The highest BCUT2D eigenvalue weighted by atomic mass is 35.5. The van der Waals surface area contributed by atoms with Crippen molar-refractivity contribution >= 4 is 45.7 Å². The maximum absolute atomic E-state index is 13.4. The number of hydrogen-bond donors (Lipinski definition) is 1. The molecule has 1 atom stereocenters. The van der Waals surface area contributed by atoms with Crippen LogP contribution in [-0.4, -0.2) is 58.1 Å². The van der Waals surface area contributed by atoms with Crippen LogP contribution in [0.3, 0.4) is 0 Å². The Morgan fingerprint density at radius 1 is 1.35 bits per heavy atom. The number of hydrogen-bond acceptors (Lipinski definition) is 9. The first kappa shape index (κ1) is 23.6. The summed E-state index contributed by atoms with van der Waals surface area (Å²) < 4.78 is 24.3. The highest BCUT2D eigenvalue weighted by molar-refractivity contribution is 6.31. The lowest BCUT2D eigenvalue weighted by atomic mass is 10.2. The maximum atomic E-state index is 13.4. The molecule has 1 aromatic heterocycles. The minimum Gasteiger partial charge on any atom is -0.487 e. The zero-order chi connectivity index (χ0) is 24.2. The molecule has 10 nitrogen and oxygen atoms in total. The molecule has 34 heavy (non-hydrogen) atoms. The molecule has 0 amide bonds. The summed E-state index contributed by atoms with van der Waals surface area (Å²) in [6.45, 7) is 3.49. The van der Waals surface area contributed by atoms with Crippen molar-refractivity contribution in [1.29, 1.82) is 0 Å². The van der Waals surface area contributed by atoms with Gasteiger partial charge in [-0.1, -0.05) is 11.6 Å². The lowest BCUT2D eigenvalue weighted by molar-refractivity contribution is -0.385. The average molecular weight is 490 g/mol. The number of nitro groups is 1. The van der Waals surface area contributed by atoms with E-state index in [1.165, 1.54) is 36.7 Å². The Morgan fingerprint density at radius 3 is 2.91 bits per heavy atom. The zero-order valence-electron chi connectivity index (χ0n) is 18.2. The van der Waals surface area contributed by atoms with Crippen LogP contribution in [0.2, 0.25) is 5.02 Å². The number of aromatic nitrogens is 2. The van der Waals surface area contributed by atoms with Crippen molar-refractivity contribution in [2.24, 2.45) is 0 Å². The summed E-state index contributed by atoms with van der Waals surface area (Å²) in [7, 11) is 0. The van der Waals surface area contributed by atoms with Gasteiger partial charge in [0.05, 0.1) is 34.0 Å². The number of ether oxygens (including phenoxy) is 2. The van der Waals surface area contributed by atoms with E-state index in [2.05, 4.69) is 15.3 Å². The first-order valence-corrected chi connectivity index (χ1v) is 10.9. The standard InChI is InChI=1S/C22H21ClFN5O5/c1-13-10-28(11-21(30)34-13)5-2-6-33-20-9-18-15(8-19(20)29(31)32)22(26-12-25-18)27-14-3-4-17(24)16(23)7-14/h3-4,7-9,12-13H,2,5-6,10-11H2,1H3,(H,25,26,27)/t13-/m1/s1. The van der Waals surface area contributed by atoms with Crippen LogP contribution in [0.5, 0.6) is 5.75 Å². The number of benzene rings is 2. The smallest absolute Gasteiger partial charge is 0.320 e. The molecule has 2 heterocycles. The Hall–Kier alpha value is -3.57. The monoisotopic (exact) mass is 489 g/mol. The molecule has 2 aromatic carbocycles. The van der Waals surface area contributed by atoms with Crippen molar-refractivity contribution in [3.05, 3.63) is 57.6 Å². The van der Waals surface area contributed by atoms with Crippen LogP contribution in [0.25, 0.3) is 10.9 Å². The Balaban J connectivity index is 1.50. The molecule has 0 unspecified atom stereocenters. The van der Waals surface area contributed by atoms with Crippen LogP contribution in [0, 0.1) is 15.9 Å². The molecule has 0 aliphatic carbocycles. The highest BCUT2D eigenvalue weighted by Gasteiger charge is 2.23. The van der Waals surface area contributed by atoms with E-state index in [4.69, 9.17) is 21.1 Å². The second-order valence-corrected chi connectivity index (χ2v) is 8.22. The number of cyclic esters (lactones) is 1. The van der Waals surface area contributed by atoms with Gasteiger partial charge in [-0.15, -0.1) is 0 Å². The Morgan fingerprint density at radius 2 is 2.18 bits per heavy atom. The number of anilines is 2. The van der Waals surface area contributed by atoms with Gasteiger partial charge >= 0.3 is 11.7 Å². The first-order valence-electron chi connectivity index (χ1n) is 10.5. The fourth-order valence-corrected chi connectivity index (χ4v) is 3.87. The minimum atomic E-state index is -0.563. The molecule has 1 fully saturated rings. The van der Waals surface area contributed by atoms with Crippen molar-refractivity contribution in [2.75, 3.05) is 31.6 Å². The van der Waals surface area contributed by atoms with Crippen LogP contribution in [0.1, 0.15) is 13.3 Å². The van der Waals surface area contributed by atoms with Gasteiger partial charge in [0.2, 0.25) is 0 Å². The number of carbonyl (C=O) groups is 1. The van der Waals surface area contributed by atoms with Gasteiger partial charge in [0.1, 0.15) is 24.1 Å². The molecule has 1 N–H and O–H groups in total. The summed E-state index contributed by atoms with van der Waals surface area (Å²) in [5.41, 5.74) is 0.655. The van der Waals surface area contributed by atoms with Crippen LogP contribution in [0.4, 0.5) is 21.6 Å². The zero-order valence-corrected chi connectivity index (χ0v) is 18.9. The Bertz CT molecular complexity index is 1240. The van der Waals surface area contributed by atoms with Crippen molar-refractivity contribution in [2.45, 2.75) is 19.4 Å². The topological polar surface area (TPSA) is 120 Å². The number of rotatable bonds is 8. The van der Waals surface area contributed by atoms with E-state index in [1.54, 1.807) is 0 Å². The Kier molecular flexibility index (Phi) is 7.03. The SMILES string of the molecule is C[C@@H]1CN(CCCOc2cc3ncnc(Nc4ccc(F)c(Cl)c4)c3cc2[N+](=O)[O-])CC(=O)O1. The third kappa shape index (κ3) is 5.49. The molecule has 12 heteroatoms. The second-order valence-electron chi connectivity index (χ2n) is 7.81. The molecule has 1 saturated heterocycles. The van der Waals surface area contributed by atoms with Gasteiger partial charge in [0, 0.05) is 30.9 Å². The quantitative estimate of drug-likeness (QED) is 0.216. The number of fused-ring (bicyclic) bond motifs is 1. The average Bonchev–Trinajstić information content (AvgIpc) is 2.78. The van der Waals surface area contributed by atoms with Crippen LogP contribution < -0.4 is 10.1 Å². The van der Waals surface area contributed by atoms with Crippen LogP contribution in [0.15, 0.2) is 36.7 Å². The summed E-state index contributed by atoms with van der Waals surface area (Å²) in [6.07, 6.45) is 1.70. The van der Waals surface area contributed by atoms with E-state index >= 15 is 0 Å². The summed E-state index contributed by atoms with van der Waals surface area (Å²) >= 11 is 5.83. The lowest BCUT2D eigenvalue weighted by Gasteiger charge is -2.29. The highest BCUT2D eigenvalue weighted by Crippen LogP contribution is 2.35. The van der Waals surface area contributed by atoms with Crippen LogP contribution >= 0.6 is 11.6 Å². The predicted molar refractivity (Wildman–Crippen MR) is 123 cm³/mol. The molecule has 1 aliphatic rings. The van der Waals surface area contributed by atoms with Crippen LogP contribution in [-0.2, 0) is 9.53 Å². The number of esters is 1. The number of halogens is 2. The van der Waals surface area contributed by atoms with Crippen molar-refractivity contribution in [1.82, 2.24) is 14.9 Å². The summed E-state index contributed by atoms with van der Waals surface area (Å²) in [5, 5.41) is 15.0. The van der Waals surface area contributed by atoms with Gasteiger partial charge in [0.15, 0.2) is 5.75 Å². The maximum Gasteiger partial charge on any atom is 0.320 e. The minimum absolute atomic E-state index is 0.0686. The van der Waals surface area contributed by atoms with Gasteiger partial charge in [-0.05, 0) is 31.5 Å². The molecular formula is C22H21ClFN5O5. The summed E-state index contributed by atoms with van der Waals surface area (Å²) in [4.78, 5) is 33.0. The van der Waals surface area contributed by atoms with Gasteiger partial charge in [-0.2, -0.15) is 0 Å². The molecule has 4 rings (SSSR count). The molecular weight excluding hydrogens is 469 g/mol. The fraction of sp³-hybridized carbons (Fsp3) is 0.318. The van der Waals surface area contributed by atoms with Crippen molar-refractivity contribution < 1.29 is 23.6 Å². The number of nitrogens with one attached hydrogen (secondary N) is 1. The van der Waals surface area contributed by atoms with Gasteiger partial charge in [-0.3, -0.25) is 19.8 Å². The number of morpholine rings is 1. The third-order valence-corrected chi connectivity index (χ3v) is 5.46. The van der Waals surface area contributed by atoms with Gasteiger partial charge in [-0.25, -0.2) is 14.4 Å². The largest absolute Gasteiger partial charge is 0.487 e. The summed E-state index contributed by atoms with van der Waals surface area (Å²) in [5.74, 6) is -0.449. The number of nitro benzene ring substituents is 1. The molecule has 3 aromatic rings. The first-order chi connectivity index (χ1) is 16.3. The van der Waals surface area contributed by atoms with Gasteiger partial charge in [0.25, 0.3) is 0 Å². The molecule has 0 saturated carbocycles. The van der Waals surface area contributed by atoms with Crippen molar-refractivity contribution in [3.8, 4) is 5.75 Å². The van der Waals surface area contributed by atoms with Gasteiger partial charge < -0.3 is 14.8 Å². The molecule has 0 bridgehead atoms. The van der Waals surface area contributed by atoms with E-state index in [0.717, 1.165) is 0 Å². The Labute approximate surface area is 198 Å². The predicted octanol–water partition coefficient (Wildman–Crippen LogP) is 4.09. The van der Waals surface area contributed by atoms with Crippen molar-refractivity contribution in [3.63, 3.8) is 0 Å². The normalized spacial score (nSPS) is 16.3. The van der Waals surface area contributed by atoms with E-state index in [1.807, 2.05) is 11.8 Å². The molecule has 0 radical (unpaired) electrons. The molecule has 0 spiro atoms. The number of carbonyl (C=O) groups excluding carboxylic acids is 1. The number of nitrogens with zero attached hydrogens (tertiary/aromatic N) is 4. The molecule has 1 aliphatic heterocycles. The van der Waals surface area contributed by atoms with E-state index < -0.39 is 10.7 Å². The van der Waals surface area contributed by atoms with E-state index in [0.29, 0.717) is 41.9 Å².